The van der Waals surface area contributed by atoms with Gasteiger partial charge in [-0.05, 0) is 44.5 Å². The lowest BCUT2D eigenvalue weighted by Crippen LogP contribution is -2.37. The Hall–Kier alpha value is -1.93. The largest absolute Gasteiger partial charge is 0.336 e. The van der Waals surface area contributed by atoms with E-state index in [1.165, 1.54) is 32.1 Å². The molecule has 2 aliphatic rings. The highest BCUT2D eigenvalue weighted by Gasteiger charge is 2.32. The summed E-state index contributed by atoms with van der Waals surface area (Å²) in [4.78, 5) is 20.8. The molecule has 0 bridgehead atoms. The summed E-state index contributed by atoms with van der Waals surface area (Å²) >= 11 is 0. The second kappa shape index (κ2) is 5.59. The highest BCUT2D eigenvalue weighted by Crippen LogP contribution is 2.21. The number of likely N-dealkylation sites (tertiary alicyclic amines) is 2. The number of hydrogen-bond donors (Lipinski definition) is 0. The molecule has 0 radical (unpaired) electrons. The Balaban J connectivity index is 1.64. The van der Waals surface area contributed by atoms with Gasteiger partial charge in [0.15, 0.2) is 0 Å². The van der Waals surface area contributed by atoms with Crippen LogP contribution >= 0.6 is 0 Å². The van der Waals surface area contributed by atoms with Crippen LogP contribution in [0.2, 0.25) is 0 Å². The van der Waals surface area contributed by atoms with Crippen molar-refractivity contribution >= 4 is 5.91 Å². The standard InChI is InChI=1S/C15H18N4O/c16-9-12-3-4-14(17-10-12)15(20)19-8-5-13(11-19)18-6-1-2-7-18/h3-4,10,13H,1-2,5-8,11H2. The fraction of sp³-hybridized carbons (Fsp3) is 0.533. The van der Waals surface area contributed by atoms with Crippen molar-refractivity contribution in [2.45, 2.75) is 25.3 Å². The Bertz CT molecular complexity index is 528. The molecule has 2 saturated heterocycles. The Morgan fingerprint density at radius 2 is 2.10 bits per heavy atom. The zero-order valence-electron chi connectivity index (χ0n) is 11.5. The molecule has 0 spiro atoms. The summed E-state index contributed by atoms with van der Waals surface area (Å²) in [6.07, 6.45) is 5.08. The number of pyridine rings is 1. The molecular weight excluding hydrogens is 252 g/mol. The first-order chi connectivity index (χ1) is 9.78. The average molecular weight is 270 g/mol. The van der Waals surface area contributed by atoms with Crippen LogP contribution in [0.15, 0.2) is 18.3 Å². The number of hydrogen-bond acceptors (Lipinski definition) is 4. The van der Waals surface area contributed by atoms with Crippen molar-refractivity contribution in [1.82, 2.24) is 14.8 Å². The molecule has 1 amide bonds. The Kier molecular flexibility index (Phi) is 3.66. The maximum absolute atomic E-state index is 12.4. The Labute approximate surface area is 118 Å². The first-order valence-corrected chi connectivity index (χ1v) is 7.17. The van der Waals surface area contributed by atoms with Gasteiger partial charge in [0.25, 0.3) is 5.91 Å². The molecule has 2 aliphatic heterocycles. The van der Waals surface area contributed by atoms with Crippen molar-refractivity contribution < 1.29 is 4.79 Å². The number of nitriles is 1. The minimum atomic E-state index is -0.0174. The third-order valence-corrected chi connectivity index (χ3v) is 4.22. The van der Waals surface area contributed by atoms with Gasteiger partial charge in [-0.25, -0.2) is 4.98 Å². The second-order valence-corrected chi connectivity index (χ2v) is 5.48. The minimum absolute atomic E-state index is 0.0174. The van der Waals surface area contributed by atoms with E-state index < -0.39 is 0 Å². The van der Waals surface area contributed by atoms with Crippen molar-refractivity contribution in [3.8, 4) is 6.07 Å². The van der Waals surface area contributed by atoms with E-state index >= 15 is 0 Å². The van der Waals surface area contributed by atoms with Gasteiger partial charge in [0.05, 0.1) is 5.56 Å². The van der Waals surface area contributed by atoms with E-state index in [1.807, 2.05) is 11.0 Å². The summed E-state index contributed by atoms with van der Waals surface area (Å²) < 4.78 is 0. The molecular formula is C15H18N4O. The molecule has 5 nitrogen and oxygen atoms in total. The number of aromatic nitrogens is 1. The van der Waals surface area contributed by atoms with Gasteiger partial charge in [0, 0.05) is 25.3 Å². The number of rotatable bonds is 2. The van der Waals surface area contributed by atoms with E-state index in [-0.39, 0.29) is 5.91 Å². The van der Waals surface area contributed by atoms with Crippen LogP contribution in [0.5, 0.6) is 0 Å². The van der Waals surface area contributed by atoms with Crippen molar-refractivity contribution in [3.63, 3.8) is 0 Å². The molecule has 0 aliphatic carbocycles. The van der Waals surface area contributed by atoms with Gasteiger partial charge in [0.1, 0.15) is 11.8 Å². The van der Waals surface area contributed by atoms with Gasteiger partial charge >= 0.3 is 0 Å². The summed E-state index contributed by atoms with van der Waals surface area (Å²) in [5, 5.41) is 8.74. The van der Waals surface area contributed by atoms with Gasteiger partial charge in [-0.3, -0.25) is 9.69 Å². The molecule has 104 valence electrons. The smallest absolute Gasteiger partial charge is 0.272 e. The van der Waals surface area contributed by atoms with Crippen molar-refractivity contribution in [1.29, 1.82) is 5.26 Å². The topological polar surface area (TPSA) is 60.2 Å². The van der Waals surface area contributed by atoms with Crippen LogP contribution in [0.25, 0.3) is 0 Å². The molecule has 3 rings (SSSR count). The van der Waals surface area contributed by atoms with Gasteiger partial charge in [-0.15, -0.1) is 0 Å². The number of carbonyl (C=O) groups excluding carboxylic acids is 1. The molecule has 20 heavy (non-hydrogen) atoms. The van der Waals surface area contributed by atoms with Gasteiger partial charge in [0.2, 0.25) is 0 Å². The van der Waals surface area contributed by atoms with Crippen LogP contribution in [-0.4, -0.2) is 52.9 Å². The fourth-order valence-electron chi connectivity index (χ4n) is 3.08. The van der Waals surface area contributed by atoms with Crippen LogP contribution in [0.3, 0.4) is 0 Å². The van der Waals surface area contributed by atoms with Crippen molar-refractivity contribution in [2.75, 3.05) is 26.2 Å². The van der Waals surface area contributed by atoms with Gasteiger partial charge < -0.3 is 4.90 Å². The van der Waals surface area contributed by atoms with E-state index in [4.69, 9.17) is 5.26 Å². The van der Waals surface area contributed by atoms with E-state index in [0.29, 0.717) is 17.3 Å². The molecule has 1 atom stereocenters. The minimum Gasteiger partial charge on any atom is -0.336 e. The molecule has 0 saturated carbocycles. The van der Waals surface area contributed by atoms with Crippen molar-refractivity contribution in [2.24, 2.45) is 0 Å². The summed E-state index contributed by atoms with van der Waals surface area (Å²) in [7, 11) is 0. The quantitative estimate of drug-likeness (QED) is 0.812. The molecule has 1 aromatic heterocycles. The Morgan fingerprint density at radius 3 is 2.75 bits per heavy atom. The third-order valence-electron chi connectivity index (χ3n) is 4.22. The first-order valence-electron chi connectivity index (χ1n) is 7.17. The van der Waals surface area contributed by atoms with Crippen LogP contribution in [0, 0.1) is 11.3 Å². The molecule has 0 N–H and O–H groups in total. The van der Waals surface area contributed by atoms with E-state index in [9.17, 15) is 4.79 Å². The van der Waals surface area contributed by atoms with Gasteiger partial charge in [-0.2, -0.15) is 5.26 Å². The summed E-state index contributed by atoms with van der Waals surface area (Å²) in [5.74, 6) is -0.0174. The number of nitrogens with zero attached hydrogens (tertiary/aromatic N) is 4. The lowest BCUT2D eigenvalue weighted by Gasteiger charge is -2.23. The first kappa shape index (κ1) is 13.1. The Morgan fingerprint density at radius 1 is 1.30 bits per heavy atom. The van der Waals surface area contributed by atoms with Gasteiger partial charge in [-0.1, -0.05) is 0 Å². The third kappa shape index (κ3) is 2.52. The zero-order chi connectivity index (χ0) is 13.9. The fourth-order valence-corrected chi connectivity index (χ4v) is 3.08. The predicted octanol–water partition coefficient (Wildman–Crippen LogP) is 1.26. The summed E-state index contributed by atoms with van der Waals surface area (Å²) in [6, 6.07) is 5.82. The number of amides is 1. The highest BCUT2D eigenvalue weighted by molar-refractivity contribution is 5.92. The predicted molar refractivity (Wildman–Crippen MR) is 74.1 cm³/mol. The molecule has 5 heteroatoms. The van der Waals surface area contributed by atoms with Crippen molar-refractivity contribution in [3.05, 3.63) is 29.6 Å². The summed E-state index contributed by atoms with van der Waals surface area (Å²) in [5.41, 5.74) is 0.920. The maximum Gasteiger partial charge on any atom is 0.272 e. The van der Waals surface area contributed by atoms with Crippen LogP contribution in [-0.2, 0) is 0 Å². The maximum atomic E-state index is 12.4. The number of carbonyl (C=O) groups is 1. The molecule has 2 fully saturated rings. The molecule has 0 aromatic carbocycles. The normalized spacial score (nSPS) is 22.9. The van der Waals surface area contributed by atoms with Crippen LogP contribution in [0.1, 0.15) is 35.3 Å². The monoisotopic (exact) mass is 270 g/mol. The lowest BCUT2D eigenvalue weighted by molar-refractivity contribution is 0.0774. The molecule has 1 aromatic rings. The average Bonchev–Trinajstić information content (AvgIpc) is 3.17. The summed E-state index contributed by atoms with van der Waals surface area (Å²) in [6.45, 7) is 3.95. The lowest BCUT2D eigenvalue weighted by atomic mass is 10.2. The molecule has 3 heterocycles. The van der Waals surface area contributed by atoms with E-state index in [1.54, 1.807) is 12.1 Å². The highest BCUT2D eigenvalue weighted by atomic mass is 16.2. The second-order valence-electron chi connectivity index (χ2n) is 5.48. The van der Waals surface area contributed by atoms with Crippen LogP contribution in [0.4, 0.5) is 0 Å². The van der Waals surface area contributed by atoms with E-state index in [0.717, 1.165) is 19.5 Å². The van der Waals surface area contributed by atoms with E-state index in [2.05, 4.69) is 9.88 Å². The SMILES string of the molecule is N#Cc1ccc(C(=O)N2CCC(N3CCCC3)C2)nc1. The molecule has 1 unspecified atom stereocenters. The van der Waals surface area contributed by atoms with Crippen LogP contribution < -0.4 is 0 Å². The zero-order valence-corrected chi connectivity index (χ0v) is 11.5.